The van der Waals surface area contributed by atoms with Crippen molar-refractivity contribution in [1.29, 1.82) is 0 Å². The van der Waals surface area contributed by atoms with E-state index in [0.717, 1.165) is 37.1 Å². The Hall–Kier alpha value is -2.36. The molecule has 1 aromatic carbocycles. The molecule has 4 nitrogen and oxygen atoms in total. The van der Waals surface area contributed by atoms with Crippen molar-refractivity contribution in [2.24, 2.45) is 0 Å². The van der Waals surface area contributed by atoms with Crippen molar-refractivity contribution in [3.63, 3.8) is 0 Å². The molecule has 0 saturated carbocycles. The predicted molar refractivity (Wildman–Crippen MR) is 86.8 cm³/mol. The predicted octanol–water partition coefficient (Wildman–Crippen LogP) is 3.06. The van der Waals surface area contributed by atoms with E-state index in [9.17, 15) is 9.59 Å². The summed E-state index contributed by atoms with van der Waals surface area (Å²) in [5, 5.41) is 0. The summed E-state index contributed by atoms with van der Waals surface area (Å²) in [4.78, 5) is 29.5. The molecule has 1 N–H and O–H groups in total. The molecule has 1 amide bonds. The summed E-state index contributed by atoms with van der Waals surface area (Å²) < 4.78 is 0. The quantitative estimate of drug-likeness (QED) is 0.926. The number of piperidine rings is 1. The van der Waals surface area contributed by atoms with Crippen molar-refractivity contribution >= 4 is 5.91 Å². The molecular formula is C18H20N2O2. The van der Waals surface area contributed by atoms with Crippen LogP contribution in [0.15, 0.2) is 47.3 Å². The number of H-pyrrole nitrogens is 1. The number of nitrogens with zero attached hydrogens (tertiary/aromatic N) is 1. The zero-order chi connectivity index (χ0) is 15.5. The number of benzene rings is 1. The average Bonchev–Trinajstić information content (AvgIpc) is 2.55. The number of aromatic amines is 1. The SMILES string of the molecule is CC1CCCCN1C(=O)c1ccc(-c2ccccc2)[nH]c1=O. The first-order valence-corrected chi connectivity index (χ1v) is 7.76. The van der Waals surface area contributed by atoms with Crippen LogP contribution in [0.4, 0.5) is 0 Å². The molecule has 2 heterocycles. The van der Waals surface area contributed by atoms with Gasteiger partial charge in [0.1, 0.15) is 5.56 Å². The molecule has 0 spiro atoms. The molecule has 0 aliphatic carbocycles. The summed E-state index contributed by atoms with van der Waals surface area (Å²) in [6, 6.07) is 13.3. The third-order valence-corrected chi connectivity index (χ3v) is 4.29. The molecule has 1 unspecified atom stereocenters. The number of carbonyl (C=O) groups excluding carboxylic acids is 1. The van der Waals surface area contributed by atoms with Crippen LogP contribution in [0, 0.1) is 0 Å². The van der Waals surface area contributed by atoms with E-state index in [2.05, 4.69) is 4.98 Å². The minimum absolute atomic E-state index is 0.159. The minimum Gasteiger partial charge on any atom is -0.336 e. The standard InChI is InChI=1S/C18H20N2O2/c1-13-7-5-6-12-20(13)18(22)15-10-11-16(19-17(15)21)14-8-3-2-4-9-14/h2-4,8-11,13H,5-7,12H2,1H3,(H,19,21). The Morgan fingerprint density at radius 3 is 2.59 bits per heavy atom. The lowest BCUT2D eigenvalue weighted by Gasteiger charge is -2.33. The van der Waals surface area contributed by atoms with Gasteiger partial charge in [0.05, 0.1) is 0 Å². The van der Waals surface area contributed by atoms with E-state index >= 15 is 0 Å². The maximum atomic E-state index is 12.6. The molecule has 22 heavy (non-hydrogen) atoms. The zero-order valence-electron chi connectivity index (χ0n) is 12.7. The molecule has 1 aliphatic heterocycles. The smallest absolute Gasteiger partial charge is 0.261 e. The van der Waals surface area contributed by atoms with Crippen molar-refractivity contribution in [1.82, 2.24) is 9.88 Å². The third-order valence-electron chi connectivity index (χ3n) is 4.29. The maximum Gasteiger partial charge on any atom is 0.261 e. The van der Waals surface area contributed by atoms with Crippen LogP contribution in [0.3, 0.4) is 0 Å². The van der Waals surface area contributed by atoms with Crippen molar-refractivity contribution in [3.8, 4) is 11.3 Å². The molecule has 0 radical (unpaired) electrons. The lowest BCUT2D eigenvalue weighted by atomic mass is 10.0. The number of nitrogens with one attached hydrogen (secondary N) is 1. The largest absolute Gasteiger partial charge is 0.336 e. The number of hydrogen-bond donors (Lipinski definition) is 1. The van der Waals surface area contributed by atoms with Crippen LogP contribution in [0.2, 0.25) is 0 Å². The van der Waals surface area contributed by atoms with E-state index in [-0.39, 0.29) is 23.1 Å². The molecule has 1 aliphatic rings. The Labute approximate surface area is 129 Å². The second kappa shape index (κ2) is 6.18. The summed E-state index contributed by atoms with van der Waals surface area (Å²) >= 11 is 0. The Morgan fingerprint density at radius 2 is 1.91 bits per heavy atom. The van der Waals surface area contributed by atoms with Gasteiger partial charge in [-0.2, -0.15) is 0 Å². The number of rotatable bonds is 2. The van der Waals surface area contributed by atoms with E-state index in [1.807, 2.05) is 42.2 Å². The second-order valence-electron chi connectivity index (χ2n) is 5.82. The van der Waals surface area contributed by atoms with Crippen LogP contribution < -0.4 is 5.56 Å². The summed E-state index contributed by atoms with van der Waals surface area (Å²) in [6.45, 7) is 2.78. The summed E-state index contributed by atoms with van der Waals surface area (Å²) in [6.07, 6.45) is 3.16. The van der Waals surface area contributed by atoms with Gasteiger partial charge in [0.25, 0.3) is 11.5 Å². The lowest BCUT2D eigenvalue weighted by Crippen LogP contribution is -2.43. The fourth-order valence-electron chi connectivity index (χ4n) is 2.98. The van der Waals surface area contributed by atoms with Gasteiger partial charge < -0.3 is 9.88 Å². The van der Waals surface area contributed by atoms with Crippen LogP contribution in [-0.4, -0.2) is 28.4 Å². The first-order chi connectivity index (χ1) is 10.7. The Balaban J connectivity index is 1.89. The van der Waals surface area contributed by atoms with Crippen molar-refractivity contribution in [3.05, 3.63) is 58.4 Å². The fraction of sp³-hybridized carbons (Fsp3) is 0.333. The van der Waals surface area contributed by atoms with E-state index in [4.69, 9.17) is 0 Å². The summed E-state index contributed by atoms with van der Waals surface area (Å²) in [7, 11) is 0. The number of amides is 1. The van der Waals surface area contributed by atoms with Crippen molar-refractivity contribution in [2.45, 2.75) is 32.2 Å². The highest BCUT2D eigenvalue weighted by atomic mass is 16.2. The van der Waals surface area contributed by atoms with Crippen molar-refractivity contribution < 1.29 is 4.79 Å². The van der Waals surface area contributed by atoms with Crippen LogP contribution in [-0.2, 0) is 0 Å². The molecule has 1 atom stereocenters. The van der Waals surface area contributed by atoms with Crippen LogP contribution >= 0.6 is 0 Å². The fourth-order valence-corrected chi connectivity index (χ4v) is 2.98. The van der Waals surface area contributed by atoms with Crippen molar-refractivity contribution in [2.75, 3.05) is 6.54 Å². The van der Waals surface area contributed by atoms with Gasteiger partial charge in [0.2, 0.25) is 0 Å². The molecular weight excluding hydrogens is 276 g/mol. The molecule has 0 bridgehead atoms. The van der Waals surface area contributed by atoms with E-state index in [1.165, 1.54) is 0 Å². The van der Waals surface area contributed by atoms with Gasteiger partial charge in [-0.1, -0.05) is 30.3 Å². The number of pyridine rings is 1. The first-order valence-electron chi connectivity index (χ1n) is 7.76. The zero-order valence-corrected chi connectivity index (χ0v) is 12.7. The Bertz CT molecular complexity index is 721. The highest BCUT2D eigenvalue weighted by molar-refractivity contribution is 5.94. The van der Waals surface area contributed by atoms with Gasteiger partial charge in [0.15, 0.2) is 0 Å². The van der Waals surface area contributed by atoms with Gasteiger partial charge >= 0.3 is 0 Å². The van der Waals surface area contributed by atoms with Crippen LogP contribution in [0.25, 0.3) is 11.3 Å². The number of carbonyl (C=O) groups is 1. The van der Waals surface area contributed by atoms with E-state index in [1.54, 1.807) is 12.1 Å². The Kier molecular flexibility index (Phi) is 4.09. The number of likely N-dealkylation sites (tertiary alicyclic amines) is 1. The molecule has 114 valence electrons. The molecule has 2 aromatic rings. The van der Waals surface area contributed by atoms with E-state index in [0.29, 0.717) is 0 Å². The highest BCUT2D eigenvalue weighted by Gasteiger charge is 2.25. The summed E-state index contributed by atoms with van der Waals surface area (Å²) in [5.74, 6) is -0.159. The molecule has 4 heteroatoms. The van der Waals surface area contributed by atoms with Gasteiger partial charge in [0, 0.05) is 18.3 Å². The molecule has 3 rings (SSSR count). The minimum atomic E-state index is -0.316. The van der Waals surface area contributed by atoms with Gasteiger partial charge in [-0.15, -0.1) is 0 Å². The van der Waals surface area contributed by atoms with Crippen LogP contribution in [0.5, 0.6) is 0 Å². The van der Waals surface area contributed by atoms with Gasteiger partial charge in [-0.25, -0.2) is 0 Å². The normalized spacial score (nSPS) is 18.2. The molecule has 1 saturated heterocycles. The van der Waals surface area contributed by atoms with Crippen LogP contribution in [0.1, 0.15) is 36.5 Å². The number of aromatic nitrogens is 1. The molecule has 1 aromatic heterocycles. The Morgan fingerprint density at radius 1 is 1.14 bits per heavy atom. The monoisotopic (exact) mass is 296 g/mol. The van der Waals surface area contributed by atoms with Gasteiger partial charge in [-0.05, 0) is 43.9 Å². The summed E-state index contributed by atoms with van der Waals surface area (Å²) in [5.41, 5.74) is 1.58. The average molecular weight is 296 g/mol. The lowest BCUT2D eigenvalue weighted by molar-refractivity contribution is 0.0634. The van der Waals surface area contributed by atoms with E-state index < -0.39 is 0 Å². The topological polar surface area (TPSA) is 53.2 Å². The maximum absolute atomic E-state index is 12.6. The first kappa shape index (κ1) is 14.6. The third kappa shape index (κ3) is 2.82. The second-order valence-corrected chi connectivity index (χ2v) is 5.82. The highest BCUT2D eigenvalue weighted by Crippen LogP contribution is 2.19. The molecule has 1 fully saturated rings. The van der Waals surface area contributed by atoms with Gasteiger partial charge in [-0.3, -0.25) is 9.59 Å². The number of hydrogen-bond acceptors (Lipinski definition) is 2.